The molecule has 198 valence electrons. The minimum absolute atomic E-state index is 0.141. The average molecular weight is 490 g/mol. The molecular weight excluding hydrogens is 442 g/mol. The molecule has 7 heteroatoms. The van der Waals surface area contributed by atoms with Crippen molar-refractivity contribution in [1.82, 2.24) is 15.5 Å². The van der Waals surface area contributed by atoms with Crippen molar-refractivity contribution in [2.45, 2.75) is 106 Å². The summed E-state index contributed by atoms with van der Waals surface area (Å²) < 4.78 is 5.44. The van der Waals surface area contributed by atoms with Crippen LogP contribution in [-0.2, 0) is 14.3 Å². The first-order chi connectivity index (χ1) is 16.3. The molecule has 1 aromatic carbocycles. The molecule has 0 aliphatic rings. The second-order valence-electron chi connectivity index (χ2n) is 10.5. The van der Waals surface area contributed by atoms with Crippen molar-refractivity contribution in [3.05, 3.63) is 34.9 Å². The largest absolute Gasteiger partial charge is 0.444 e. The smallest absolute Gasteiger partial charge is 0.408 e. The Labute approximate surface area is 212 Å². The Hall–Kier alpha value is -2.57. The van der Waals surface area contributed by atoms with Crippen LogP contribution < -0.4 is 10.6 Å². The molecule has 0 aliphatic heterocycles. The van der Waals surface area contributed by atoms with Gasteiger partial charge in [-0.2, -0.15) is 0 Å². The van der Waals surface area contributed by atoms with E-state index in [4.69, 9.17) is 4.74 Å². The number of aryl methyl sites for hydroxylation is 2. The van der Waals surface area contributed by atoms with Gasteiger partial charge in [0.2, 0.25) is 11.8 Å². The Balaban J connectivity index is 3.47. The minimum atomic E-state index is -0.807. The van der Waals surface area contributed by atoms with E-state index in [2.05, 4.69) is 17.6 Å². The van der Waals surface area contributed by atoms with E-state index in [-0.39, 0.29) is 17.7 Å². The third kappa shape index (κ3) is 9.90. The third-order valence-electron chi connectivity index (χ3n) is 5.85. The van der Waals surface area contributed by atoms with E-state index < -0.39 is 23.8 Å². The van der Waals surface area contributed by atoms with Gasteiger partial charge in [-0.3, -0.25) is 9.59 Å². The van der Waals surface area contributed by atoms with Crippen LogP contribution in [0.25, 0.3) is 0 Å². The molecule has 35 heavy (non-hydrogen) atoms. The molecular formula is C28H47N3O4. The Morgan fingerprint density at radius 1 is 1.00 bits per heavy atom. The predicted molar refractivity (Wildman–Crippen MR) is 141 cm³/mol. The third-order valence-corrected chi connectivity index (χ3v) is 5.85. The fraction of sp³-hybridized carbons (Fsp3) is 0.679. The Kier molecular flexibility index (Phi) is 12.3. The highest BCUT2D eigenvalue weighted by atomic mass is 16.6. The van der Waals surface area contributed by atoms with Crippen molar-refractivity contribution in [2.75, 3.05) is 13.1 Å². The SMILES string of the molecule is CCCCNC(=O)C(c1cc(C)cc(C)c1)N(CCC)C(=O)C(NC(=O)OC(C)(C)C)C(C)CC. The lowest BCUT2D eigenvalue weighted by Crippen LogP contribution is -2.55. The van der Waals surface area contributed by atoms with E-state index in [1.54, 1.807) is 25.7 Å². The Morgan fingerprint density at radius 2 is 1.60 bits per heavy atom. The van der Waals surface area contributed by atoms with Crippen LogP contribution in [0, 0.1) is 19.8 Å². The summed E-state index contributed by atoms with van der Waals surface area (Å²) in [6.07, 6.45) is 2.55. The minimum Gasteiger partial charge on any atom is -0.444 e. The molecule has 0 saturated carbocycles. The maximum atomic E-state index is 14.0. The van der Waals surface area contributed by atoms with E-state index in [1.807, 2.05) is 52.8 Å². The molecule has 7 nitrogen and oxygen atoms in total. The molecule has 0 aliphatic carbocycles. The number of unbranched alkanes of at least 4 members (excludes halogenated alkanes) is 1. The molecule has 3 unspecified atom stereocenters. The topological polar surface area (TPSA) is 87.7 Å². The van der Waals surface area contributed by atoms with Gasteiger partial charge in [0.15, 0.2) is 0 Å². The van der Waals surface area contributed by atoms with Crippen LogP contribution >= 0.6 is 0 Å². The number of carbonyl (C=O) groups is 3. The monoisotopic (exact) mass is 489 g/mol. The highest BCUT2D eigenvalue weighted by Gasteiger charge is 2.37. The molecule has 0 heterocycles. The van der Waals surface area contributed by atoms with Gasteiger partial charge in [-0.25, -0.2) is 4.79 Å². The lowest BCUT2D eigenvalue weighted by Gasteiger charge is -2.36. The zero-order valence-corrected chi connectivity index (χ0v) is 23.3. The molecule has 0 saturated heterocycles. The number of nitrogens with one attached hydrogen (secondary N) is 2. The first-order valence-electron chi connectivity index (χ1n) is 13.0. The van der Waals surface area contributed by atoms with E-state index in [1.165, 1.54) is 0 Å². The summed E-state index contributed by atoms with van der Waals surface area (Å²) in [5, 5.41) is 5.82. The average Bonchev–Trinajstić information content (AvgIpc) is 2.74. The van der Waals surface area contributed by atoms with Crippen LogP contribution in [0.3, 0.4) is 0 Å². The molecule has 2 N–H and O–H groups in total. The summed E-state index contributed by atoms with van der Waals surface area (Å²) in [6.45, 7) is 18.2. The fourth-order valence-corrected chi connectivity index (χ4v) is 4.03. The van der Waals surface area contributed by atoms with Crippen LogP contribution in [0.1, 0.15) is 96.9 Å². The van der Waals surface area contributed by atoms with Crippen molar-refractivity contribution in [1.29, 1.82) is 0 Å². The highest BCUT2D eigenvalue weighted by molar-refractivity contribution is 5.92. The number of hydrogen-bond donors (Lipinski definition) is 2. The van der Waals surface area contributed by atoms with Crippen molar-refractivity contribution < 1.29 is 19.1 Å². The molecule has 1 rings (SSSR count). The molecule has 0 radical (unpaired) electrons. The quantitative estimate of drug-likeness (QED) is 0.383. The lowest BCUT2D eigenvalue weighted by molar-refractivity contribution is -0.143. The second kappa shape index (κ2) is 14.1. The van der Waals surface area contributed by atoms with Gasteiger partial charge in [0.1, 0.15) is 17.7 Å². The van der Waals surface area contributed by atoms with Gasteiger partial charge in [0.05, 0.1) is 0 Å². The lowest BCUT2D eigenvalue weighted by atomic mass is 9.94. The number of ether oxygens (including phenoxy) is 1. The molecule has 3 amide bonds. The predicted octanol–water partition coefficient (Wildman–Crippen LogP) is 5.44. The number of amides is 3. The van der Waals surface area contributed by atoms with Gasteiger partial charge < -0.3 is 20.3 Å². The Bertz CT molecular complexity index is 827. The summed E-state index contributed by atoms with van der Waals surface area (Å²) in [5.41, 5.74) is 2.15. The molecule has 0 fully saturated rings. The van der Waals surface area contributed by atoms with E-state index in [0.29, 0.717) is 25.9 Å². The summed E-state index contributed by atoms with van der Waals surface area (Å²) in [7, 11) is 0. The van der Waals surface area contributed by atoms with Gasteiger partial charge >= 0.3 is 6.09 Å². The van der Waals surface area contributed by atoms with Crippen LogP contribution in [0.2, 0.25) is 0 Å². The van der Waals surface area contributed by atoms with Crippen molar-refractivity contribution in [3.63, 3.8) is 0 Å². The number of alkyl carbamates (subject to hydrolysis) is 1. The van der Waals surface area contributed by atoms with E-state index >= 15 is 0 Å². The normalized spacial score (nSPS) is 14.0. The maximum Gasteiger partial charge on any atom is 0.408 e. The molecule has 0 spiro atoms. The van der Waals surface area contributed by atoms with Crippen LogP contribution in [0.4, 0.5) is 4.79 Å². The molecule has 0 aromatic heterocycles. The van der Waals surface area contributed by atoms with Crippen molar-refractivity contribution in [3.8, 4) is 0 Å². The van der Waals surface area contributed by atoms with Crippen molar-refractivity contribution >= 4 is 17.9 Å². The highest BCUT2D eigenvalue weighted by Crippen LogP contribution is 2.26. The summed E-state index contributed by atoms with van der Waals surface area (Å²) >= 11 is 0. The molecule has 0 bridgehead atoms. The first-order valence-corrected chi connectivity index (χ1v) is 13.0. The first kappa shape index (κ1) is 30.5. The molecule has 3 atom stereocenters. The van der Waals surface area contributed by atoms with Crippen LogP contribution in [-0.4, -0.2) is 47.5 Å². The Morgan fingerprint density at radius 3 is 2.09 bits per heavy atom. The number of hydrogen-bond acceptors (Lipinski definition) is 4. The summed E-state index contributed by atoms with van der Waals surface area (Å²) in [4.78, 5) is 41.8. The number of nitrogens with zero attached hydrogens (tertiary/aromatic N) is 1. The number of carbonyl (C=O) groups excluding carboxylic acids is 3. The van der Waals surface area contributed by atoms with E-state index in [0.717, 1.165) is 29.5 Å². The van der Waals surface area contributed by atoms with Crippen LogP contribution in [0.15, 0.2) is 18.2 Å². The standard InChI is InChI=1S/C28H47N3O4/c1-10-13-14-29-25(32)24(22-17-19(4)16-20(5)18-22)31(15-11-2)26(33)23(21(6)12-3)30-27(34)35-28(7,8)9/h16-18,21,23-24H,10-15H2,1-9H3,(H,29,32)(H,30,34). The number of rotatable bonds is 12. The van der Waals surface area contributed by atoms with Crippen molar-refractivity contribution in [2.24, 2.45) is 5.92 Å². The second-order valence-corrected chi connectivity index (χ2v) is 10.5. The zero-order valence-electron chi connectivity index (χ0n) is 23.3. The number of benzene rings is 1. The maximum absolute atomic E-state index is 14.0. The van der Waals surface area contributed by atoms with Crippen LogP contribution in [0.5, 0.6) is 0 Å². The van der Waals surface area contributed by atoms with Gasteiger partial charge in [-0.1, -0.05) is 69.9 Å². The molecule has 1 aromatic rings. The van der Waals surface area contributed by atoms with Gasteiger partial charge in [-0.15, -0.1) is 0 Å². The van der Waals surface area contributed by atoms with E-state index in [9.17, 15) is 14.4 Å². The fourth-order valence-electron chi connectivity index (χ4n) is 4.03. The van der Waals surface area contributed by atoms with Gasteiger partial charge in [0, 0.05) is 13.1 Å². The van der Waals surface area contributed by atoms with Gasteiger partial charge in [0.25, 0.3) is 0 Å². The summed E-state index contributed by atoms with van der Waals surface area (Å²) in [5.74, 6) is -0.621. The van der Waals surface area contributed by atoms with Gasteiger partial charge in [-0.05, 0) is 58.9 Å². The summed E-state index contributed by atoms with van der Waals surface area (Å²) in [6, 6.07) is 4.38. The zero-order chi connectivity index (χ0) is 26.8.